The van der Waals surface area contributed by atoms with E-state index in [9.17, 15) is 9.59 Å². The van der Waals surface area contributed by atoms with Gasteiger partial charge in [0, 0.05) is 20.5 Å². The van der Waals surface area contributed by atoms with Crippen molar-refractivity contribution in [3.05, 3.63) is 63.2 Å². The van der Waals surface area contributed by atoms with Crippen LogP contribution in [0.2, 0.25) is 0 Å². The Labute approximate surface area is 166 Å². The van der Waals surface area contributed by atoms with Gasteiger partial charge < -0.3 is 15.4 Å². The molecule has 0 spiro atoms. The van der Waals surface area contributed by atoms with Gasteiger partial charge in [0.1, 0.15) is 5.76 Å². The molecular weight excluding hydrogens is 443 g/mol. The molecule has 5 nitrogen and oxygen atoms in total. The zero-order chi connectivity index (χ0) is 18.7. The van der Waals surface area contributed by atoms with Crippen LogP contribution in [0.3, 0.4) is 0 Å². The van der Waals surface area contributed by atoms with E-state index >= 15 is 0 Å². The molecule has 2 amide bonds. The van der Waals surface area contributed by atoms with E-state index in [2.05, 4.69) is 39.8 Å². The van der Waals surface area contributed by atoms with Gasteiger partial charge in [0.15, 0.2) is 0 Å². The summed E-state index contributed by atoms with van der Waals surface area (Å²) in [6.07, 6.45) is 0.950. The largest absolute Gasteiger partial charge is 0.494 e. The molecule has 0 saturated heterocycles. The summed E-state index contributed by atoms with van der Waals surface area (Å²) < 4.78 is 6.52. The van der Waals surface area contributed by atoms with Gasteiger partial charge in [-0.05, 0) is 58.8 Å². The molecule has 4 rings (SSSR count). The fourth-order valence-corrected chi connectivity index (χ4v) is 3.66. The molecule has 0 atom stereocenters. The van der Waals surface area contributed by atoms with Crippen molar-refractivity contribution in [2.45, 2.75) is 19.8 Å². The molecule has 26 heavy (non-hydrogen) atoms. The van der Waals surface area contributed by atoms with Crippen molar-refractivity contribution in [3.8, 4) is 0 Å². The highest BCUT2D eigenvalue weighted by Gasteiger charge is 2.21. The lowest BCUT2D eigenvalue weighted by Crippen LogP contribution is -2.03. The minimum atomic E-state index is 0.0294. The van der Waals surface area contributed by atoms with Gasteiger partial charge in [0.25, 0.3) is 0 Å². The lowest BCUT2D eigenvalue weighted by molar-refractivity contribution is -0.115. The molecule has 134 valence electrons. The van der Waals surface area contributed by atoms with E-state index < -0.39 is 0 Å². The number of amides is 2. The number of carbonyl (C=O) groups is 2. The maximum absolute atomic E-state index is 11.3. The first-order valence-corrected chi connectivity index (χ1v) is 9.38. The molecule has 0 radical (unpaired) electrons. The molecule has 0 saturated carbocycles. The van der Waals surface area contributed by atoms with Gasteiger partial charge in [-0.15, -0.1) is 0 Å². The zero-order valence-electron chi connectivity index (χ0n) is 14.4. The quantitative estimate of drug-likeness (QED) is 0.536. The van der Waals surface area contributed by atoms with Crippen LogP contribution in [0.1, 0.15) is 23.6 Å². The third-order valence-corrected chi connectivity index (χ3v) is 5.15. The van der Waals surface area contributed by atoms with Crippen molar-refractivity contribution in [1.82, 2.24) is 0 Å². The summed E-state index contributed by atoms with van der Waals surface area (Å²) in [5, 5.41) is 5.59. The van der Waals surface area contributed by atoms with Crippen molar-refractivity contribution in [2.24, 2.45) is 0 Å². The Hall–Kier alpha value is -2.35. The van der Waals surface area contributed by atoms with Gasteiger partial charge >= 0.3 is 0 Å². The topological polar surface area (TPSA) is 67.4 Å². The van der Waals surface area contributed by atoms with E-state index in [0.29, 0.717) is 25.2 Å². The number of halogens is 1. The standard InChI is InChI=1S/C12H13NO2.C8H6INO/c1-3-15-8(2)9-5-4-6-11-10(9)7-12(14)13-11;9-6-2-1-3-7-5(6)4-8(11)10-7/h4-6H,2-3,7H2,1H3,(H,13,14);1-3H,4H2,(H,10,11). The molecule has 2 heterocycles. The second kappa shape index (κ2) is 7.90. The Balaban J connectivity index is 0.000000158. The molecule has 0 fully saturated rings. The highest BCUT2D eigenvalue weighted by molar-refractivity contribution is 14.1. The second-order valence-corrected chi connectivity index (χ2v) is 7.07. The number of hydrogen-bond donors (Lipinski definition) is 2. The van der Waals surface area contributed by atoms with Crippen LogP contribution >= 0.6 is 22.6 Å². The Morgan fingerprint density at radius 3 is 2.23 bits per heavy atom. The molecule has 2 aliphatic heterocycles. The van der Waals surface area contributed by atoms with Crippen molar-refractivity contribution >= 4 is 51.5 Å². The maximum atomic E-state index is 11.3. The van der Waals surface area contributed by atoms with E-state index in [1.807, 2.05) is 43.3 Å². The molecule has 2 aromatic carbocycles. The minimum absolute atomic E-state index is 0.0294. The van der Waals surface area contributed by atoms with Crippen molar-refractivity contribution in [3.63, 3.8) is 0 Å². The lowest BCUT2D eigenvalue weighted by Gasteiger charge is -2.10. The fourth-order valence-electron chi connectivity index (χ4n) is 2.97. The van der Waals surface area contributed by atoms with Crippen LogP contribution in [0.15, 0.2) is 43.0 Å². The summed E-state index contributed by atoms with van der Waals surface area (Å²) in [4.78, 5) is 22.2. The summed E-state index contributed by atoms with van der Waals surface area (Å²) in [5.74, 6) is 0.761. The summed E-state index contributed by atoms with van der Waals surface area (Å²) >= 11 is 2.24. The van der Waals surface area contributed by atoms with Crippen LogP contribution in [-0.2, 0) is 27.2 Å². The van der Waals surface area contributed by atoms with E-state index in [4.69, 9.17) is 4.74 Å². The van der Waals surface area contributed by atoms with Gasteiger partial charge in [-0.1, -0.05) is 24.8 Å². The van der Waals surface area contributed by atoms with Gasteiger partial charge in [-0.25, -0.2) is 0 Å². The number of anilines is 2. The predicted octanol–water partition coefficient (Wildman–Crippen LogP) is 3.97. The molecule has 0 unspecified atom stereocenters. The summed E-state index contributed by atoms with van der Waals surface area (Å²) in [5.41, 5.74) is 4.90. The molecular formula is C20H19IN2O3. The van der Waals surface area contributed by atoms with Crippen molar-refractivity contribution < 1.29 is 14.3 Å². The van der Waals surface area contributed by atoms with Crippen molar-refractivity contribution in [2.75, 3.05) is 17.2 Å². The van der Waals surface area contributed by atoms with Gasteiger partial charge in [0.05, 0.1) is 19.4 Å². The molecule has 0 bridgehead atoms. The van der Waals surface area contributed by atoms with E-state index in [0.717, 1.165) is 28.1 Å². The number of benzene rings is 2. The molecule has 0 aliphatic carbocycles. The Morgan fingerprint density at radius 2 is 1.62 bits per heavy atom. The van der Waals surface area contributed by atoms with Gasteiger partial charge in [-0.3, -0.25) is 9.59 Å². The normalized spacial score (nSPS) is 13.8. The van der Waals surface area contributed by atoms with Gasteiger partial charge in [-0.2, -0.15) is 0 Å². The number of ether oxygens (including phenoxy) is 1. The Bertz CT molecular complexity index is 893. The Kier molecular flexibility index (Phi) is 5.61. The first-order valence-electron chi connectivity index (χ1n) is 8.30. The van der Waals surface area contributed by atoms with E-state index in [-0.39, 0.29) is 11.8 Å². The molecule has 2 aliphatic rings. The molecule has 0 aromatic heterocycles. The average molecular weight is 462 g/mol. The summed E-state index contributed by atoms with van der Waals surface area (Å²) in [6.45, 7) is 6.36. The predicted molar refractivity (Wildman–Crippen MR) is 111 cm³/mol. The van der Waals surface area contributed by atoms with Crippen LogP contribution in [0.5, 0.6) is 0 Å². The molecule has 6 heteroatoms. The number of carbonyl (C=O) groups excluding carboxylic acids is 2. The first-order chi connectivity index (χ1) is 12.5. The summed E-state index contributed by atoms with van der Waals surface area (Å²) in [6, 6.07) is 11.6. The van der Waals surface area contributed by atoms with Crippen LogP contribution in [-0.4, -0.2) is 18.4 Å². The molecule has 2 aromatic rings. The maximum Gasteiger partial charge on any atom is 0.228 e. The highest BCUT2D eigenvalue weighted by atomic mass is 127. The van der Waals surface area contributed by atoms with Gasteiger partial charge in [0.2, 0.25) is 11.8 Å². The summed E-state index contributed by atoms with van der Waals surface area (Å²) in [7, 11) is 0. The second-order valence-electron chi connectivity index (χ2n) is 5.90. The number of rotatable bonds is 3. The highest BCUT2D eigenvalue weighted by Crippen LogP contribution is 2.30. The molecule has 2 N–H and O–H groups in total. The number of fused-ring (bicyclic) bond motifs is 2. The monoisotopic (exact) mass is 462 g/mol. The minimum Gasteiger partial charge on any atom is -0.494 e. The van der Waals surface area contributed by atoms with Crippen molar-refractivity contribution in [1.29, 1.82) is 0 Å². The Morgan fingerprint density at radius 1 is 1.04 bits per heavy atom. The fraction of sp³-hybridized carbons (Fsp3) is 0.200. The van der Waals surface area contributed by atoms with Crippen LogP contribution < -0.4 is 10.6 Å². The lowest BCUT2D eigenvalue weighted by atomic mass is 10.0. The van der Waals surface area contributed by atoms with Crippen LogP contribution in [0, 0.1) is 3.57 Å². The van der Waals surface area contributed by atoms with Crippen LogP contribution in [0.25, 0.3) is 5.76 Å². The third-order valence-electron chi connectivity index (χ3n) is 4.14. The van der Waals surface area contributed by atoms with Crippen LogP contribution in [0.4, 0.5) is 11.4 Å². The van der Waals surface area contributed by atoms with E-state index in [1.165, 1.54) is 3.57 Å². The zero-order valence-corrected chi connectivity index (χ0v) is 16.6. The smallest absolute Gasteiger partial charge is 0.228 e. The average Bonchev–Trinajstić information content (AvgIpc) is 3.17. The first kappa shape index (κ1) is 18.4. The van der Waals surface area contributed by atoms with E-state index in [1.54, 1.807) is 0 Å². The third kappa shape index (κ3) is 3.90. The number of hydrogen-bond acceptors (Lipinski definition) is 3. The number of nitrogens with one attached hydrogen (secondary N) is 2. The SMILES string of the molecule is C=C(OCC)c1cccc2c1CC(=O)N2.O=C1Cc2c(I)cccc2N1.